The van der Waals surface area contributed by atoms with Crippen molar-refractivity contribution in [2.45, 2.75) is 13.0 Å². The number of nitrogens with zero attached hydrogens (tertiary/aromatic N) is 1. The van der Waals surface area contributed by atoms with Gasteiger partial charge in [0.05, 0.1) is 0 Å². The molecule has 0 aromatic heterocycles. The zero-order chi connectivity index (χ0) is 14.2. The van der Waals surface area contributed by atoms with Gasteiger partial charge in [-0.05, 0) is 29.3 Å². The molecule has 0 saturated carbocycles. The van der Waals surface area contributed by atoms with E-state index in [-0.39, 0.29) is 0 Å². The van der Waals surface area contributed by atoms with Crippen LogP contribution in [0.15, 0.2) is 58.2 Å². The molecule has 0 aliphatic rings. The molecule has 0 heterocycles. The number of hydrogen-bond acceptors (Lipinski definition) is 3. The summed E-state index contributed by atoms with van der Waals surface area (Å²) in [6, 6.07) is 16.0. The molecule has 0 aliphatic carbocycles. The van der Waals surface area contributed by atoms with Crippen LogP contribution >= 0.6 is 15.9 Å². The van der Waals surface area contributed by atoms with Crippen LogP contribution in [0.25, 0.3) is 0 Å². The van der Waals surface area contributed by atoms with Crippen molar-refractivity contribution in [3.05, 3.63) is 64.1 Å². The molecule has 0 bridgehead atoms. The Balaban J connectivity index is 2.01. The van der Waals surface area contributed by atoms with Crippen LogP contribution in [0.3, 0.4) is 0 Å². The summed E-state index contributed by atoms with van der Waals surface area (Å²) in [5.74, 6) is 0.845. The van der Waals surface area contributed by atoms with Gasteiger partial charge in [-0.1, -0.05) is 51.4 Å². The van der Waals surface area contributed by atoms with Crippen molar-refractivity contribution >= 4 is 22.1 Å². The Kier molecular flexibility index (Phi) is 5.62. The lowest BCUT2D eigenvalue weighted by molar-refractivity contribution is 0.215. The fourth-order valence-electron chi connectivity index (χ4n) is 1.75. The number of halogens is 1. The molecule has 104 valence electrons. The summed E-state index contributed by atoms with van der Waals surface area (Å²) in [6.45, 7) is 0.564. The number of oxime groups is 1. The average molecular weight is 334 g/mol. The van der Waals surface area contributed by atoms with E-state index in [0.717, 1.165) is 21.3 Å². The van der Waals surface area contributed by atoms with Gasteiger partial charge in [0.1, 0.15) is 19.5 Å². The second-order valence-electron chi connectivity index (χ2n) is 4.20. The SMILES string of the molecule is CON=CCc1cc(OCc2ccccc2)ccc1Br. The Morgan fingerprint density at radius 3 is 2.70 bits per heavy atom. The van der Waals surface area contributed by atoms with E-state index in [0.29, 0.717) is 13.0 Å². The normalized spacial score (nSPS) is 10.7. The Bertz CT molecular complexity index is 570. The van der Waals surface area contributed by atoms with E-state index in [1.165, 1.54) is 7.11 Å². The summed E-state index contributed by atoms with van der Waals surface area (Å²) in [7, 11) is 1.53. The minimum absolute atomic E-state index is 0.564. The van der Waals surface area contributed by atoms with Crippen molar-refractivity contribution in [3.63, 3.8) is 0 Å². The van der Waals surface area contributed by atoms with Crippen LogP contribution in [-0.2, 0) is 17.9 Å². The number of hydrogen-bond donors (Lipinski definition) is 0. The topological polar surface area (TPSA) is 30.8 Å². The molecule has 2 aromatic rings. The van der Waals surface area contributed by atoms with Crippen LogP contribution in [0.4, 0.5) is 0 Å². The fraction of sp³-hybridized carbons (Fsp3) is 0.188. The third-order valence-electron chi connectivity index (χ3n) is 2.76. The Hall–Kier alpha value is -1.81. The molecule has 20 heavy (non-hydrogen) atoms. The van der Waals surface area contributed by atoms with E-state index in [4.69, 9.17) is 4.74 Å². The second-order valence-corrected chi connectivity index (χ2v) is 5.06. The number of ether oxygens (including phenoxy) is 1. The molecule has 0 atom stereocenters. The molecule has 2 aromatic carbocycles. The molecule has 0 saturated heterocycles. The second kappa shape index (κ2) is 7.70. The van der Waals surface area contributed by atoms with Gasteiger partial charge in [0.15, 0.2) is 0 Å². The molecule has 0 unspecified atom stereocenters. The molecule has 3 nitrogen and oxygen atoms in total. The van der Waals surface area contributed by atoms with E-state index in [9.17, 15) is 0 Å². The first-order chi connectivity index (χ1) is 9.79. The van der Waals surface area contributed by atoms with Crippen LogP contribution in [0.2, 0.25) is 0 Å². The van der Waals surface area contributed by atoms with Crippen molar-refractivity contribution in [3.8, 4) is 5.75 Å². The summed E-state index contributed by atoms with van der Waals surface area (Å²) in [5, 5.41) is 3.74. The summed E-state index contributed by atoms with van der Waals surface area (Å²) in [6.07, 6.45) is 2.41. The van der Waals surface area contributed by atoms with Crippen molar-refractivity contribution < 1.29 is 9.57 Å². The minimum atomic E-state index is 0.564. The van der Waals surface area contributed by atoms with Gasteiger partial charge in [0.25, 0.3) is 0 Å². The van der Waals surface area contributed by atoms with Crippen molar-refractivity contribution in [1.29, 1.82) is 0 Å². The maximum atomic E-state index is 5.80. The maximum absolute atomic E-state index is 5.80. The molecular formula is C16H16BrNO2. The van der Waals surface area contributed by atoms with Gasteiger partial charge in [-0.25, -0.2) is 0 Å². The largest absolute Gasteiger partial charge is 0.489 e. The van der Waals surface area contributed by atoms with Gasteiger partial charge in [0.2, 0.25) is 0 Å². The van der Waals surface area contributed by atoms with Crippen molar-refractivity contribution in [2.24, 2.45) is 5.16 Å². The zero-order valence-electron chi connectivity index (χ0n) is 11.3. The molecular weight excluding hydrogens is 318 g/mol. The van der Waals surface area contributed by atoms with Gasteiger partial charge < -0.3 is 9.57 Å². The first-order valence-corrected chi connectivity index (χ1v) is 7.09. The van der Waals surface area contributed by atoms with Gasteiger partial charge >= 0.3 is 0 Å². The predicted octanol–water partition coefficient (Wildman–Crippen LogP) is 4.20. The number of benzene rings is 2. The Morgan fingerprint density at radius 1 is 1.15 bits per heavy atom. The highest BCUT2D eigenvalue weighted by molar-refractivity contribution is 9.10. The van der Waals surface area contributed by atoms with E-state index < -0.39 is 0 Å². The molecule has 2 rings (SSSR count). The summed E-state index contributed by atoms with van der Waals surface area (Å²) in [4.78, 5) is 4.66. The van der Waals surface area contributed by atoms with Gasteiger partial charge in [0, 0.05) is 17.1 Å². The summed E-state index contributed by atoms with van der Waals surface area (Å²) >= 11 is 3.52. The zero-order valence-corrected chi connectivity index (χ0v) is 12.8. The third-order valence-corrected chi connectivity index (χ3v) is 3.53. The molecule has 0 fully saturated rings. The minimum Gasteiger partial charge on any atom is -0.489 e. The molecule has 0 spiro atoms. The molecule has 0 N–H and O–H groups in total. The lowest BCUT2D eigenvalue weighted by atomic mass is 10.1. The molecule has 4 heteroatoms. The first-order valence-electron chi connectivity index (χ1n) is 6.29. The van der Waals surface area contributed by atoms with Gasteiger partial charge in [-0.2, -0.15) is 0 Å². The van der Waals surface area contributed by atoms with E-state index >= 15 is 0 Å². The Morgan fingerprint density at radius 2 is 1.95 bits per heavy atom. The lowest BCUT2D eigenvalue weighted by Crippen LogP contribution is -1.96. The van der Waals surface area contributed by atoms with Crippen LogP contribution in [0.5, 0.6) is 5.75 Å². The van der Waals surface area contributed by atoms with Crippen molar-refractivity contribution in [1.82, 2.24) is 0 Å². The Labute approximate surface area is 127 Å². The smallest absolute Gasteiger partial charge is 0.120 e. The average Bonchev–Trinajstić information content (AvgIpc) is 2.49. The van der Waals surface area contributed by atoms with Gasteiger partial charge in [-0.3, -0.25) is 0 Å². The monoisotopic (exact) mass is 333 g/mol. The molecule has 0 amide bonds. The van der Waals surface area contributed by atoms with Crippen LogP contribution in [0.1, 0.15) is 11.1 Å². The summed E-state index contributed by atoms with van der Waals surface area (Å²) < 4.78 is 6.83. The fourth-order valence-corrected chi connectivity index (χ4v) is 2.16. The quantitative estimate of drug-likeness (QED) is 0.585. The van der Waals surface area contributed by atoms with Gasteiger partial charge in [-0.15, -0.1) is 0 Å². The van der Waals surface area contributed by atoms with Crippen LogP contribution in [-0.4, -0.2) is 13.3 Å². The van der Waals surface area contributed by atoms with Crippen molar-refractivity contribution in [2.75, 3.05) is 7.11 Å². The van der Waals surface area contributed by atoms with E-state index in [2.05, 4.69) is 25.9 Å². The maximum Gasteiger partial charge on any atom is 0.120 e. The predicted molar refractivity (Wildman–Crippen MR) is 84.1 cm³/mol. The lowest BCUT2D eigenvalue weighted by Gasteiger charge is -2.09. The van der Waals surface area contributed by atoms with E-state index in [1.807, 2.05) is 48.5 Å². The first kappa shape index (κ1) is 14.6. The summed E-state index contributed by atoms with van der Waals surface area (Å²) in [5.41, 5.74) is 2.26. The highest BCUT2D eigenvalue weighted by atomic mass is 79.9. The molecule has 0 aliphatic heterocycles. The standard InChI is InChI=1S/C16H16BrNO2/c1-19-18-10-9-14-11-15(7-8-16(14)17)20-12-13-5-3-2-4-6-13/h2-8,10-11H,9,12H2,1H3. The molecule has 0 radical (unpaired) electrons. The third kappa shape index (κ3) is 4.38. The highest BCUT2D eigenvalue weighted by Crippen LogP contribution is 2.23. The van der Waals surface area contributed by atoms with E-state index in [1.54, 1.807) is 6.21 Å². The number of rotatable bonds is 6. The van der Waals surface area contributed by atoms with Crippen LogP contribution < -0.4 is 4.74 Å². The highest BCUT2D eigenvalue weighted by Gasteiger charge is 2.02. The van der Waals surface area contributed by atoms with Crippen LogP contribution in [0, 0.1) is 0 Å².